The zero-order valence-electron chi connectivity index (χ0n) is 10.9. The Morgan fingerprint density at radius 1 is 1.44 bits per heavy atom. The fourth-order valence-electron chi connectivity index (χ4n) is 1.34. The summed E-state index contributed by atoms with van der Waals surface area (Å²) in [7, 11) is -1.83. The zero-order chi connectivity index (χ0) is 13.6. The Balaban J connectivity index is 2.84. The number of rotatable bonds is 7. The predicted octanol–water partition coefficient (Wildman–Crippen LogP) is 1.50. The van der Waals surface area contributed by atoms with E-state index < -0.39 is 10.0 Å². The molecule has 5 nitrogen and oxygen atoms in total. The van der Waals surface area contributed by atoms with Gasteiger partial charge in [0.05, 0.1) is 0 Å². The standard InChI is InChI=1S/C11H19N3O2S2/c1-4-12-11-6-5-10(9-13-11)18(15,16)14(2)7-8-17-3/h5-6,9H,4,7-8H2,1-3H3,(H,12,13). The van der Waals surface area contributed by atoms with Crippen molar-refractivity contribution in [2.45, 2.75) is 11.8 Å². The summed E-state index contributed by atoms with van der Waals surface area (Å²) in [5.74, 6) is 1.46. The Hall–Kier alpha value is -0.790. The smallest absolute Gasteiger partial charge is 0.244 e. The molecule has 0 saturated carbocycles. The Morgan fingerprint density at radius 3 is 2.67 bits per heavy atom. The molecule has 0 amide bonds. The lowest BCUT2D eigenvalue weighted by Crippen LogP contribution is -2.29. The number of nitrogens with one attached hydrogen (secondary N) is 1. The van der Waals surface area contributed by atoms with E-state index in [-0.39, 0.29) is 4.90 Å². The van der Waals surface area contributed by atoms with Crippen LogP contribution < -0.4 is 5.32 Å². The first kappa shape index (κ1) is 15.3. The second-order valence-electron chi connectivity index (χ2n) is 3.73. The molecule has 0 aliphatic heterocycles. The van der Waals surface area contributed by atoms with Crippen molar-refractivity contribution < 1.29 is 8.42 Å². The molecular weight excluding hydrogens is 270 g/mol. The molecule has 0 saturated heterocycles. The van der Waals surface area contributed by atoms with Crippen LogP contribution in [0.15, 0.2) is 23.2 Å². The lowest BCUT2D eigenvalue weighted by molar-refractivity contribution is 0.488. The van der Waals surface area contributed by atoms with Gasteiger partial charge in [-0.25, -0.2) is 17.7 Å². The average Bonchev–Trinajstić information content (AvgIpc) is 2.37. The second-order valence-corrected chi connectivity index (χ2v) is 6.76. The van der Waals surface area contributed by atoms with Gasteiger partial charge in [0.2, 0.25) is 10.0 Å². The van der Waals surface area contributed by atoms with Crippen LogP contribution in [0.3, 0.4) is 0 Å². The van der Waals surface area contributed by atoms with Crippen LogP contribution in [-0.2, 0) is 10.0 Å². The quantitative estimate of drug-likeness (QED) is 0.824. The van der Waals surface area contributed by atoms with Crippen molar-refractivity contribution in [1.82, 2.24) is 9.29 Å². The van der Waals surface area contributed by atoms with Crippen LogP contribution in [0.25, 0.3) is 0 Å². The second kappa shape index (κ2) is 6.96. The van der Waals surface area contributed by atoms with Gasteiger partial charge in [-0.1, -0.05) is 0 Å². The highest BCUT2D eigenvalue weighted by atomic mass is 32.2. The van der Waals surface area contributed by atoms with E-state index in [1.54, 1.807) is 30.9 Å². The summed E-state index contributed by atoms with van der Waals surface area (Å²) in [6.45, 7) is 3.22. The summed E-state index contributed by atoms with van der Waals surface area (Å²) >= 11 is 1.62. The highest BCUT2D eigenvalue weighted by Crippen LogP contribution is 2.15. The average molecular weight is 289 g/mol. The molecule has 0 aliphatic rings. The van der Waals surface area contributed by atoms with Gasteiger partial charge in [-0.15, -0.1) is 0 Å². The highest BCUT2D eigenvalue weighted by molar-refractivity contribution is 7.98. The van der Waals surface area contributed by atoms with Gasteiger partial charge >= 0.3 is 0 Å². The molecular formula is C11H19N3O2S2. The SMILES string of the molecule is CCNc1ccc(S(=O)(=O)N(C)CCSC)cn1. The maximum Gasteiger partial charge on any atom is 0.244 e. The molecule has 1 heterocycles. The first-order valence-corrected chi connectivity index (χ1v) is 8.51. The van der Waals surface area contributed by atoms with Crippen molar-refractivity contribution in [1.29, 1.82) is 0 Å². The fraction of sp³-hybridized carbons (Fsp3) is 0.545. The van der Waals surface area contributed by atoms with Crippen molar-refractivity contribution in [2.75, 3.05) is 37.5 Å². The van der Waals surface area contributed by atoms with Crippen LogP contribution >= 0.6 is 11.8 Å². The van der Waals surface area contributed by atoms with E-state index in [9.17, 15) is 8.42 Å². The van der Waals surface area contributed by atoms with Gasteiger partial charge in [-0.05, 0) is 25.3 Å². The molecule has 7 heteroatoms. The van der Waals surface area contributed by atoms with Crippen molar-refractivity contribution in [2.24, 2.45) is 0 Å². The van der Waals surface area contributed by atoms with Gasteiger partial charge in [0.25, 0.3) is 0 Å². The lowest BCUT2D eigenvalue weighted by Gasteiger charge is -2.16. The van der Waals surface area contributed by atoms with Crippen molar-refractivity contribution in [3.05, 3.63) is 18.3 Å². The molecule has 0 bridgehead atoms. The van der Waals surface area contributed by atoms with Gasteiger partial charge in [0.1, 0.15) is 10.7 Å². The van der Waals surface area contributed by atoms with Crippen LogP contribution in [0.1, 0.15) is 6.92 Å². The maximum atomic E-state index is 12.2. The van der Waals surface area contributed by atoms with E-state index in [1.165, 1.54) is 10.5 Å². The number of hydrogen-bond donors (Lipinski definition) is 1. The van der Waals surface area contributed by atoms with Crippen molar-refractivity contribution in [3.63, 3.8) is 0 Å². The van der Waals surface area contributed by atoms with Gasteiger partial charge < -0.3 is 5.32 Å². The van der Waals surface area contributed by atoms with Crippen LogP contribution in [0, 0.1) is 0 Å². The predicted molar refractivity (Wildman–Crippen MR) is 76.6 cm³/mol. The lowest BCUT2D eigenvalue weighted by atomic mass is 10.4. The fourth-order valence-corrected chi connectivity index (χ4v) is 3.03. The summed E-state index contributed by atoms with van der Waals surface area (Å²) in [4.78, 5) is 4.30. The number of sulfonamides is 1. The van der Waals surface area contributed by atoms with E-state index in [1.807, 2.05) is 13.2 Å². The maximum absolute atomic E-state index is 12.2. The number of pyridine rings is 1. The number of thioether (sulfide) groups is 1. The molecule has 0 aliphatic carbocycles. The number of hydrogen-bond acceptors (Lipinski definition) is 5. The first-order chi connectivity index (χ1) is 8.52. The van der Waals surface area contributed by atoms with Gasteiger partial charge in [-0.3, -0.25) is 0 Å². The van der Waals surface area contributed by atoms with Gasteiger partial charge in [0.15, 0.2) is 0 Å². The van der Waals surface area contributed by atoms with Crippen LogP contribution in [0.4, 0.5) is 5.82 Å². The molecule has 0 unspecified atom stereocenters. The third-order valence-electron chi connectivity index (χ3n) is 2.41. The van der Waals surface area contributed by atoms with Crippen LogP contribution in [0.5, 0.6) is 0 Å². The van der Waals surface area contributed by atoms with Gasteiger partial charge in [0, 0.05) is 32.1 Å². The number of aromatic nitrogens is 1. The number of nitrogens with zero attached hydrogens (tertiary/aromatic N) is 2. The monoisotopic (exact) mass is 289 g/mol. The summed E-state index contributed by atoms with van der Waals surface area (Å²) in [6.07, 6.45) is 3.34. The Labute approximate surface area is 113 Å². The minimum absolute atomic E-state index is 0.229. The molecule has 1 aromatic heterocycles. The number of anilines is 1. The summed E-state index contributed by atoms with van der Waals surface area (Å²) in [5, 5.41) is 3.03. The van der Waals surface area contributed by atoms with Crippen molar-refractivity contribution >= 4 is 27.6 Å². The summed E-state index contributed by atoms with van der Waals surface area (Å²) < 4.78 is 25.7. The summed E-state index contributed by atoms with van der Waals surface area (Å²) in [5.41, 5.74) is 0. The largest absolute Gasteiger partial charge is 0.370 e. The van der Waals surface area contributed by atoms with Crippen LogP contribution in [-0.4, -0.2) is 49.9 Å². The van der Waals surface area contributed by atoms with E-state index in [4.69, 9.17) is 0 Å². The van der Waals surface area contributed by atoms with Gasteiger partial charge in [-0.2, -0.15) is 11.8 Å². The van der Waals surface area contributed by atoms with E-state index >= 15 is 0 Å². The van der Waals surface area contributed by atoms with Crippen LogP contribution in [0.2, 0.25) is 0 Å². The van der Waals surface area contributed by atoms with Crippen molar-refractivity contribution in [3.8, 4) is 0 Å². The molecule has 0 aromatic carbocycles. The first-order valence-electron chi connectivity index (χ1n) is 5.67. The molecule has 1 rings (SSSR count). The summed E-state index contributed by atoms with van der Waals surface area (Å²) in [6, 6.07) is 3.26. The molecule has 0 radical (unpaired) electrons. The zero-order valence-corrected chi connectivity index (χ0v) is 12.5. The Morgan fingerprint density at radius 2 is 2.17 bits per heavy atom. The third kappa shape index (κ3) is 3.86. The molecule has 0 atom stereocenters. The Bertz CT molecular complexity index is 460. The molecule has 1 N–H and O–H groups in total. The van der Waals surface area contributed by atoms with E-state index in [0.717, 1.165) is 12.3 Å². The molecule has 102 valence electrons. The molecule has 1 aromatic rings. The van der Waals surface area contributed by atoms with E-state index in [2.05, 4.69) is 10.3 Å². The molecule has 0 fully saturated rings. The minimum atomic E-state index is -3.41. The minimum Gasteiger partial charge on any atom is -0.370 e. The normalized spacial score (nSPS) is 11.8. The highest BCUT2D eigenvalue weighted by Gasteiger charge is 2.20. The third-order valence-corrected chi connectivity index (χ3v) is 4.84. The Kier molecular flexibility index (Phi) is 5.90. The van der Waals surface area contributed by atoms with E-state index in [0.29, 0.717) is 12.4 Å². The topological polar surface area (TPSA) is 62.3 Å². The molecule has 0 spiro atoms. The molecule has 18 heavy (non-hydrogen) atoms.